The highest BCUT2D eigenvalue weighted by Crippen LogP contribution is 2.00. The normalized spacial score (nSPS) is 9.77. The number of hydrogen-bond donors (Lipinski definition) is 1. The number of nitrogens with one attached hydrogen (secondary N) is 1. The summed E-state index contributed by atoms with van der Waals surface area (Å²) in [5.74, 6) is -0.168. The standard InChI is InChI=1S/C9H13N3O/c1-4-10-9(13)8-5-11-6(2)7(3)12-8/h5H,4H2,1-3H3,(H,10,13). The Morgan fingerprint density at radius 3 is 2.69 bits per heavy atom. The highest BCUT2D eigenvalue weighted by Gasteiger charge is 2.06. The molecule has 0 aliphatic rings. The number of nitrogens with zero attached hydrogens (tertiary/aromatic N) is 2. The predicted molar refractivity (Wildman–Crippen MR) is 49.5 cm³/mol. The van der Waals surface area contributed by atoms with E-state index in [0.717, 1.165) is 11.4 Å². The van der Waals surface area contributed by atoms with Crippen LogP contribution in [-0.2, 0) is 0 Å². The van der Waals surface area contributed by atoms with Gasteiger partial charge in [0.15, 0.2) is 0 Å². The summed E-state index contributed by atoms with van der Waals surface area (Å²) in [6, 6.07) is 0. The topological polar surface area (TPSA) is 54.9 Å². The second kappa shape index (κ2) is 3.98. The zero-order valence-electron chi connectivity index (χ0n) is 8.09. The average molecular weight is 179 g/mol. The number of amides is 1. The molecule has 0 radical (unpaired) electrons. The fourth-order valence-corrected chi connectivity index (χ4v) is 0.902. The van der Waals surface area contributed by atoms with E-state index in [-0.39, 0.29) is 5.91 Å². The van der Waals surface area contributed by atoms with Gasteiger partial charge in [0.1, 0.15) is 5.69 Å². The largest absolute Gasteiger partial charge is 0.351 e. The lowest BCUT2D eigenvalue weighted by Crippen LogP contribution is -2.24. The molecule has 0 unspecified atom stereocenters. The maximum atomic E-state index is 11.3. The van der Waals surface area contributed by atoms with Gasteiger partial charge in [0, 0.05) is 6.54 Å². The molecular weight excluding hydrogens is 166 g/mol. The Hall–Kier alpha value is -1.45. The Balaban J connectivity index is 2.90. The molecule has 0 saturated carbocycles. The van der Waals surface area contributed by atoms with Crippen LogP contribution < -0.4 is 5.32 Å². The van der Waals surface area contributed by atoms with Crippen LogP contribution in [0.5, 0.6) is 0 Å². The lowest BCUT2D eigenvalue weighted by atomic mass is 10.3. The zero-order chi connectivity index (χ0) is 9.84. The van der Waals surface area contributed by atoms with Gasteiger partial charge in [0.05, 0.1) is 17.6 Å². The van der Waals surface area contributed by atoms with Crippen LogP contribution in [0, 0.1) is 13.8 Å². The second-order valence-corrected chi connectivity index (χ2v) is 2.79. The number of aryl methyl sites for hydroxylation is 2. The number of hydrogen-bond acceptors (Lipinski definition) is 3. The fourth-order valence-electron chi connectivity index (χ4n) is 0.902. The maximum absolute atomic E-state index is 11.3. The van der Waals surface area contributed by atoms with Crippen molar-refractivity contribution in [1.29, 1.82) is 0 Å². The molecule has 0 atom stereocenters. The van der Waals surface area contributed by atoms with E-state index in [4.69, 9.17) is 0 Å². The lowest BCUT2D eigenvalue weighted by molar-refractivity contribution is 0.0950. The van der Waals surface area contributed by atoms with Crippen LogP contribution in [-0.4, -0.2) is 22.4 Å². The van der Waals surface area contributed by atoms with Gasteiger partial charge >= 0.3 is 0 Å². The molecule has 0 saturated heterocycles. The van der Waals surface area contributed by atoms with Crippen molar-refractivity contribution in [3.05, 3.63) is 23.3 Å². The number of carbonyl (C=O) groups excluding carboxylic acids is 1. The van der Waals surface area contributed by atoms with Crippen LogP contribution in [0.1, 0.15) is 28.8 Å². The van der Waals surface area contributed by atoms with Crippen molar-refractivity contribution in [1.82, 2.24) is 15.3 Å². The van der Waals surface area contributed by atoms with Gasteiger partial charge in [-0.2, -0.15) is 0 Å². The lowest BCUT2D eigenvalue weighted by Gasteiger charge is -2.02. The Morgan fingerprint density at radius 2 is 2.15 bits per heavy atom. The molecule has 0 fully saturated rings. The summed E-state index contributed by atoms with van der Waals surface area (Å²) in [4.78, 5) is 19.5. The molecule has 1 aromatic rings. The van der Waals surface area contributed by atoms with E-state index in [1.54, 1.807) is 0 Å². The van der Waals surface area contributed by atoms with Crippen molar-refractivity contribution >= 4 is 5.91 Å². The van der Waals surface area contributed by atoms with Crippen LogP contribution in [0.15, 0.2) is 6.20 Å². The van der Waals surface area contributed by atoms with Gasteiger partial charge in [-0.1, -0.05) is 0 Å². The molecule has 4 nitrogen and oxygen atoms in total. The third kappa shape index (κ3) is 2.24. The molecule has 4 heteroatoms. The molecule has 1 amide bonds. The smallest absolute Gasteiger partial charge is 0.271 e. The molecular formula is C9H13N3O. The molecule has 0 aromatic carbocycles. The fraction of sp³-hybridized carbons (Fsp3) is 0.444. The summed E-state index contributed by atoms with van der Waals surface area (Å²) >= 11 is 0. The molecule has 0 bridgehead atoms. The Labute approximate surface area is 77.4 Å². The van der Waals surface area contributed by atoms with Crippen molar-refractivity contribution in [2.24, 2.45) is 0 Å². The third-order valence-electron chi connectivity index (χ3n) is 1.76. The van der Waals surface area contributed by atoms with Crippen molar-refractivity contribution in [2.45, 2.75) is 20.8 Å². The summed E-state index contributed by atoms with van der Waals surface area (Å²) in [5.41, 5.74) is 2.03. The number of carbonyl (C=O) groups is 1. The summed E-state index contributed by atoms with van der Waals surface area (Å²) in [5, 5.41) is 2.67. The van der Waals surface area contributed by atoms with E-state index in [1.807, 2.05) is 20.8 Å². The number of aromatic nitrogens is 2. The minimum absolute atomic E-state index is 0.168. The summed E-state index contributed by atoms with van der Waals surface area (Å²) < 4.78 is 0. The summed E-state index contributed by atoms with van der Waals surface area (Å²) in [6.45, 7) is 6.18. The first-order valence-electron chi connectivity index (χ1n) is 4.23. The van der Waals surface area contributed by atoms with Gasteiger partial charge in [-0.15, -0.1) is 0 Å². The number of rotatable bonds is 2. The van der Waals surface area contributed by atoms with E-state index in [2.05, 4.69) is 15.3 Å². The maximum Gasteiger partial charge on any atom is 0.271 e. The molecule has 1 rings (SSSR count). The Morgan fingerprint density at radius 1 is 1.46 bits per heavy atom. The summed E-state index contributed by atoms with van der Waals surface area (Å²) in [6.07, 6.45) is 1.49. The third-order valence-corrected chi connectivity index (χ3v) is 1.76. The van der Waals surface area contributed by atoms with Crippen LogP contribution >= 0.6 is 0 Å². The van der Waals surface area contributed by atoms with Gasteiger partial charge in [-0.05, 0) is 20.8 Å². The Kier molecular flexibility index (Phi) is 2.95. The molecule has 1 aromatic heterocycles. The van der Waals surface area contributed by atoms with E-state index in [1.165, 1.54) is 6.20 Å². The van der Waals surface area contributed by atoms with Gasteiger partial charge in [-0.25, -0.2) is 4.98 Å². The molecule has 0 aliphatic heterocycles. The van der Waals surface area contributed by atoms with Crippen LogP contribution in [0.4, 0.5) is 0 Å². The van der Waals surface area contributed by atoms with E-state index in [9.17, 15) is 4.79 Å². The highest BCUT2D eigenvalue weighted by atomic mass is 16.1. The Bertz CT molecular complexity index is 323. The van der Waals surface area contributed by atoms with Gasteiger partial charge in [0.25, 0.3) is 5.91 Å². The first-order chi connectivity index (χ1) is 6.15. The highest BCUT2D eigenvalue weighted by molar-refractivity contribution is 5.91. The van der Waals surface area contributed by atoms with Gasteiger partial charge in [-0.3, -0.25) is 9.78 Å². The monoisotopic (exact) mass is 179 g/mol. The summed E-state index contributed by atoms with van der Waals surface area (Å²) in [7, 11) is 0. The van der Waals surface area contributed by atoms with E-state index < -0.39 is 0 Å². The molecule has 1 heterocycles. The van der Waals surface area contributed by atoms with Crippen molar-refractivity contribution in [2.75, 3.05) is 6.54 Å². The van der Waals surface area contributed by atoms with Crippen LogP contribution in [0.25, 0.3) is 0 Å². The predicted octanol–water partition coefficient (Wildman–Crippen LogP) is 0.843. The van der Waals surface area contributed by atoms with E-state index >= 15 is 0 Å². The second-order valence-electron chi connectivity index (χ2n) is 2.79. The van der Waals surface area contributed by atoms with Crippen molar-refractivity contribution in [3.63, 3.8) is 0 Å². The first-order valence-corrected chi connectivity index (χ1v) is 4.23. The van der Waals surface area contributed by atoms with Crippen molar-refractivity contribution < 1.29 is 4.79 Å². The van der Waals surface area contributed by atoms with Crippen LogP contribution in [0.2, 0.25) is 0 Å². The minimum atomic E-state index is -0.168. The van der Waals surface area contributed by atoms with Gasteiger partial charge in [0.2, 0.25) is 0 Å². The molecule has 70 valence electrons. The molecule has 0 aliphatic carbocycles. The quantitative estimate of drug-likeness (QED) is 0.732. The van der Waals surface area contributed by atoms with Gasteiger partial charge < -0.3 is 5.32 Å². The molecule has 0 spiro atoms. The zero-order valence-corrected chi connectivity index (χ0v) is 8.09. The molecule has 13 heavy (non-hydrogen) atoms. The van der Waals surface area contributed by atoms with Crippen molar-refractivity contribution in [3.8, 4) is 0 Å². The first kappa shape index (κ1) is 9.64. The van der Waals surface area contributed by atoms with Crippen LogP contribution in [0.3, 0.4) is 0 Å². The average Bonchev–Trinajstić information content (AvgIpc) is 2.10. The molecule has 1 N–H and O–H groups in total. The SMILES string of the molecule is CCNC(=O)c1cnc(C)c(C)n1. The minimum Gasteiger partial charge on any atom is -0.351 e. The van der Waals surface area contributed by atoms with E-state index in [0.29, 0.717) is 12.2 Å².